The fraction of sp³-hybridized carbons (Fsp3) is 1.00. The summed E-state index contributed by atoms with van der Waals surface area (Å²) in [6, 6.07) is 0.817. The minimum atomic E-state index is 0.817. The molecule has 0 heterocycles. The van der Waals surface area contributed by atoms with Crippen molar-refractivity contribution in [3.05, 3.63) is 0 Å². The van der Waals surface area contributed by atoms with Gasteiger partial charge in [0, 0.05) is 6.04 Å². The van der Waals surface area contributed by atoms with Crippen LogP contribution in [0.5, 0.6) is 0 Å². The zero-order valence-corrected chi connectivity index (χ0v) is 12.1. The molecule has 1 fully saturated rings. The minimum absolute atomic E-state index is 0.817. The molecule has 2 heteroatoms. The van der Waals surface area contributed by atoms with Crippen LogP contribution in [-0.2, 0) is 0 Å². The van der Waals surface area contributed by atoms with Gasteiger partial charge in [-0.2, -0.15) is 11.8 Å². The normalized spacial score (nSPS) is 27.9. The maximum atomic E-state index is 3.76. The number of thioether (sulfide) groups is 1. The Morgan fingerprint density at radius 1 is 1.25 bits per heavy atom. The van der Waals surface area contributed by atoms with Crippen LogP contribution >= 0.6 is 11.8 Å². The Bertz CT molecular complexity index is 164. The van der Waals surface area contributed by atoms with E-state index >= 15 is 0 Å². The van der Waals surface area contributed by atoms with E-state index in [9.17, 15) is 0 Å². The van der Waals surface area contributed by atoms with Crippen molar-refractivity contribution in [2.45, 2.75) is 58.4 Å². The highest BCUT2D eigenvalue weighted by molar-refractivity contribution is 7.98. The Hall–Kier alpha value is 0.310. The predicted molar refractivity (Wildman–Crippen MR) is 76.2 cm³/mol. The van der Waals surface area contributed by atoms with Gasteiger partial charge in [-0.1, -0.05) is 26.7 Å². The lowest BCUT2D eigenvalue weighted by Crippen LogP contribution is -2.36. The first-order valence-electron chi connectivity index (χ1n) is 6.98. The third kappa shape index (κ3) is 5.58. The first-order chi connectivity index (χ1) is 7.76. The summed E-state index contributed by atoms with van der Waals surface area (Å²) < 4.78 is 0. The van der Waals surface area contributed by atoms with Gasteiger partial charge in [0.1, 0.15) is 0 Å². The molecule has 1 unspecified atom stereocenters. The van der Waals surface area contributed by atoms with E-state index in [4.69, 9.17) is 0 Å². The highest BCUT2D eigenvalue weighted by Gasteiger charge is 2.20. The lowest BCUT2D eigenvalue weighted by atomic mass is 9.83. The van der Waals surface area contributed by atoms with E-state index in [-0.39, 0.29) is 0 Å². The molecule has 0 aliphatic heterocycles. The molecule has 0 saturated heterocycles. The second-order valence-electron chi connectivity index (χ2n) is 5.48. The number of hydrogen-bond acceptors (Lipinski definition) is 2. The molecule has 0 aromatic heterocycles. The second-order valence-corrected chi connectivity index (χ2v) is 6.39. The van der Waals surface area contributed by atoms with Crippen molar-refractivity contribution in [1.29, 1.82) is 0 Å². The van der Waals surface area contributed by atoms with E-state index in [2.05, 4.69) is 25.4 Å². The van der Waals surface area contributed by atoms with Gasteiger partial charge >= 0.3 is 0 Å². The summed E-state index contributed by atoms with van der Waals surface area (Å²) >= 11 is 1.96. The van der Waals surface area contributed by atoms with Gasteiger partial charge in [0.2, 0.25) is 0 Å². The molecule has 1 N–H and O–H groups in total. The van der Waals surface area contributed by atoms with Crippen LogP contribution in [0.1, 0.15) is 52.4 Å². The third-order valence-corrected chi connectivity index (χ3v) is 4.65. The molecule has 0 aromatic carbocycles. The summed E-state index contributed by atoms with van der Waals surface area (Å²) in [5, 5.41) is 3.76. The average molecular weight is 243 g/mol. The predicted octanol–water partition coefficient (Wildman–Crippen LogP) is 3.93. The molecule has 0 aromatic rings. The van der Waals surface area contributed by atoms with Crippen molar-refractivity contribution in [3.63, 3.8) is 0 Å². The average Bonchev–Trinajstić information content (AvgIpc) is 2.29. The van der Waals surface area contributed by atoms with Gasteiger partial charge in [-0.05, 0) is 56.1 Å². The van der Waals surface area contributed by atoms with Crippen LogP contribution in [0, 0.1) is 11.8 Å². The van der Waals surface area contributed by atoms with E-state index in [1.807, 2.05) is 11.8 Å². The summed E-state index contributed by atoms with van der Waals surface area (Å²) in [6.45, 7) is 5.88. The van der Waals surface area contributed by atoms with Gasteiger partial charge in [-0.25, -0.2) is 0 Å². The number of rotatable bonds is 7. The molecule has 96 valence electrons. The van der Waals surface area contributed by atoms with Gasteiger partial charge < -0.3 is 5.32 Å². The van der Waals surface area contributed by atoms with Crippen LogP contribution in [0.3, 0.4) is 0 Å². The van der Waals surface area contributed by atoms with Crippen molar-refractivity contribution in [2.75, 3.05) is 18.6 Å². The van der Waals surface area contributed by atoms with Crippen molar-refractivity contribution in [1.82, 2.24) is 5.32 Å². The smallest absolute Gasteiger partial charge is 0.00673 e. The topological polar surface area (TPSA) is 12.0 Å². The minimum Gasteiger partial charge on any atom is -0.314 e. The Labute approximate surface area is 106 Å². The Kier molecular flexibility index (Phi) is 7.55. The lowest BCUT2D eigenvalue weighted by molar-refractivity contribution is 0.273. The number of nitrogens with one attached hydrogen (secondary N) is 1. The zero-order valence-electron chi connectivity index (χ0n) is 11.3. The highest BCUT2D eigenvalue weighted by Crippen LogP contribution is 2.27. The maximum absolute atomic E-state index is 3.76. The third-order valence-electron chi connectivity index (χ3n) is 3.75. The quantitative estimate of drug-likeness (QED) is 0.727. The van der Waals surface area contributed by atoms with E-state index in [0.29, 0.717) is 0 Å². The molecule has 0 radical (unpaired) electrons. The summed E-state index contributed by atoms with van der Waals surface area (Å²) in [6.07, 6.45) is 10.8. The molecule has 1 aliphatic carbocycles. The van der Waals surface area contributed by atoms with Gasteiger partial charge in [0.15, 0.2) is 0 Å². The maximum Gasteiger partial charge on any atom is 0.00673 e. The van der Waals surface area contributed by atoms with E-state index in [1.54, 1.807) is 0 Å². The van der Waals surface area contributed by atoms with Crippen LogP contribution in [0.25, 0.3) is 0 Å². The summed E-state index contributed by atoms with van der Waals surface area (Å²) in [4.78, 5) is 0. The second kappa shape index (κ2) is 8.41. The van der Waals surface area contributed by atoms with Crippen LogP contribution < -0.4 is 5.32 Å². The molecule has 1 nitrogen and oxygen atoms in total. The lowest BCUT2D eigenvalue weighted by Gasteiger charge is -2.29. The van der Waals surface area contributed by atoms with Crippen LogP contribution in [0.2, 0.25) is 0 Å². The molecule has 1 rings (SSSR count). The zero-order chi connectivity index (χ0) is 11.8. The molecule has 0 spiro atoms. The highest BCUT2D eigenvalue weighted by atomic mass is 32.2. The molecule has 1 atom stereocenters. The fourth-order valence-electron chi connectivity index (χ4n) is 2.77. The van der Waals surface area contributed by atoms with Crippen LogP contribution in [0.4, 0.5) is 0 Å². The van der Waals surface area contributed by atoms with Crippen LogP contribution in [0.15, 0.2) is 0 Å². The molecular weight excluding hydrogens is 214 g/mol. The van der Waals surface area contributed by atoms with Gasteiger partial charge in [-0.3, -0.25) is 0 Å². The monoisotopic (exact) mass is 243 g/mol. The Morgan fingerprint density at radius 3 is 2.50 bits per heavy atom. The molecule has 1 saturated carbocycles. The number of hydrogen-bond donors (Lipinski definition) is 1. The summed E-state index contributed by atoms with van der Waals surface area (Å²) in [5.41, 5.74) is 0. The van der Waals surface area contributed by atoms with Crippen molar-refractivity contribution >= 4 is 11.8 Å². The van der Waals surface area contributed by atoms with E-state index < -0.39 is 0 Å². The molecule has 16 heavy (non-hydrogen) atoms. The van der Waals surface area contributed by atoms with E-state index in [0.717, 1.165) is 17.9 Å². The van der Waals surface area contributed by atoms with Crippen molar-refractivity contribution < 1.29 is 0 Å². The largest absolute Gasteiger partial charge is 0.314 e. The molecule has 0 amide bonds. The molecule has 0 bridgehead atoms. The molecule has 1 aliphatic rings. The SMILES string of the molecule is CCCC1CCC(NCC(C)CSC)CC1. The van der Waals surface area contributed by atoms with Gasteiger partial charge in [-0.15, -0.1) is 0 Å². The summed E-state index contributed by atoms with van der Waals surface area (Å²) in [7, 11) is 0. The first kappa shape index (κ1) is 14.4. The van der Waals surface area contributed by atoms with E-state index in [1.165, 1.54) is 50.8 Å². The first-order valence-corrected chi connectivity index (χ1v) is 8.38. The van der Waals surface area contributed by atoms with Crippen LogP contribution in [-0.4, -0.2) is 24.6 Å². The Balaban J connectivity index is 2.07. The molecular formula is C14H29NS. The van der Waals surface area contributed by atoms with Crippen molar-refractivity contribution in [2.24, 2.45) is 11.8 Å². The van der Waals surface area contributed by atoms with Gasteiger partial charge in [0.25, 0.3) is 0 Å². The summed E-state index contributed by atoms with van der Waals surface area (Å²) in [5.74, 6) is 3.15. The van der Waals surface area contributed by atoms with Gasteiger partial charge in [0.05, 0.1) is 0 Å². The van der Waals surface area contributed by atoms with Crippen molar-refractivity contribution in [3.8, 4) is 0 Å². The fourth-order valence-corrected chi connectivity index (χ4v) is 3.46. The standard InChI is InChI=1S/C14H29NS/c1-4-5-13-6-8-14(9-7-13)15-10-12(2)11-16-3/h12-15H,4-11H2,1-3H3. The Morgan fingerprint density at radius 2 is 1.94 bits per heavy atom.